The zero-order valence-corrected chi connectivity index (χ0v) is 12.3. The number of anilines is 2. The monoisotopic (exact) mass is 269 g/mol. The lowest BCUT2D eigenvalue weighted by molar-refractivity contribution is 0.0697. The van der Waals surface area contributed by atoms with Crippen molar-refractivity contribution in [2.24, 2.45) is 0 Å². The van der Waals surface area contributed by atoms with Crippen molar-refractivity contribution in [2.75, 3.05) is 11.9 Å². The molecule has 0 aliphatic heterocycles. The van der Waals surface area contributed by atoms with E-state index in [2.05, 4.69) is 18.2 Å². The highest BCUT2D eigenvalue weighted by Gasteiger charge is 2.15. The Bertz CT molecular complexity index is 642. The van der Waals surface area contributed by atoms with Crippen LogP contribution >= 0.6 is 0 Å². The molecule has 0 aliphatic carbocycles. The molecular formula is C17H19NO2. The number of carbonyl (C=O) groups is 1. The average molecular weight is 269 g/mol. The second kappa shape index (κ2) is 5.37. The number of aryl methyl sites for hydroxylation is 3. The Balaban J connectivity index is 2.54. The van der Waals surface area contributed by atoms with Gasteiger partial charge in [0.15, 0.2) is 0 Å². The summed E-state index contributed by atoms with van der Waals surface area (Å²) in [6.07, 6.45) is 0. The quantitative estimate of drug-likeness (QED) is 0.912. The predicted molar refractivity (Wildman–Crippen MR) is 82.1 cm³/mol. The van der Waals surface area contributed by atoms with Crippen molar-refractivity contribution in [3.05, 3.63) is 58.7 Å². The number of hydrogen-bond acceptors (Lipinski definition) is 2. The number of nitrogens with zero attached hydrogens (tertiary/aromatic N) is 1. The molecule has 2 aromatic rings. The van der Waals surface area contributed by atoms with Crippen LogP contribution in [-0.2, 0) is 0 Å². The van der Waals surface area contributed by atoms with Crippen molar-refractivity contribution in [2.45, 2.75) is 20.8 Å². The minimum absolute atomic E-state index is 0.317. The van der Waals surface area contributed by atoms with E-state index in [1.807, 2.05) is 44.9 Å². The minimum atomic E-state index is -0.906. The lowest BCUT2D eigenvalue weighted by Crippen LogP contribution is -2.14. The Kier molecular flexibility index (Phi) is 3.79. The Morgan fingerprint density at radius 2 is 1.55 bits per heavy atom. The second-order valence-electron chi connectivity index (χ2n) is 5.23. The van der Waals surface area contributed by atoms with Gasteiger partial charge in [-0.3, -0.25) is 0 Å². The smallest absolute Gasteiger partial charge is 0.337 e. The van der Waals surface area contributed by atoms with Gasteiger partial charge in [0.1, 0.15) is 0 Å². The van der Waals surface area contributed by atoms with Crippen LogP contribution in [0, 0.1) is 20.8 Å². The van der Waals surface area contributed by atoms with Gasteiger partial charge in [0.05, 0.1) is 11.3 Å². The molecule has 104 valence electrons. The van der Waals surface area contributed by atoms with Crippen LogP contribution in [0.4, 0.5) is 11.4 Å². The van der Waals surface area contributed by atoms with Crippen LogP contribution in [0.2, 0.25) is 0 Å². The fraction of sp³-hybridized carbons (Fsp3) is 0.235. The van der Waals surface area contributed by atoms with Gasteiger partial charge in [0, 0.05) is 12.7 Å². The first-order valence-electron chi connectivity index (χ1n) is 6.54. The van der Waals surface area contributed by atoms with Gasteiger partial charge in [0.2, 0.25) is 0 Å². The maximum atomic E-state index is 11.4. The normalized spacial score (nSPS) is 10.4. The van der Waals surface area contributed by atoms with Crippen LogP contribution in [0.1, 0.15) is 27.0 Å². The van der Waals surface area contributed by atoms with E-state index in [4.69, 9.17) is 0 Å². The van der Waals surface area contributed by atoms with E-state index in [0.29, 0.717) is 11.3 Å². The zero-order valence-electron chi connectivity index (χ0n) is 12.3. The molecule has 20 heavy (non-hydrogen) atoms. The van der Waals surface area contributed by atoms with Crippen LogP contribution in [0.25, 0.3) is 0 Å². The van der Waals surface area contributed by atoms with E-state index in [0.717, 1.165) is 22.4 Å². The van der Waals surface area contributed by atoms with Crippen molar-refractivity contribution in [3.63, 3.8) is 0 Å². The Morgan fingerprint density at radius 3 is 2.10 bits per heavy atom. The molecule has 0 saturated heterocycles. The number of carboxylic acid groups (broad SMARTS) is 1. The molecule has 0 unspecified atom stereocenters. The average Bonchev–Trinajstić information content (AvgIpc) is 2.36. The summed E-state index contributed by atoms with van der Waals surface area (Å²) in [5.41, 5.74) is 5.39. The maximum Gasteiger partial charge on any atom is 0.337 e. The molecule has 0 heterocycles. The first-order valence-corrected chi connectivity index (χ1v) is 6.54. The molecule has 1 N–H and O–H groups in total. The molecule has 3 heteroatoms. The summed E-state index contributed by atoms with van der Waals surface area (Å²) in [4.78, 5) is 13.3. The number of rotatable bonds is 3. The second-order valence-corrected chi connectivity index (χ2v) is 5.23. The molecule has 0 saturated carbocycles. The van der Waals surface area contributed by atoms with Crippen molar-refractivity contribution in [1.82, 2.24) is 0 Å². The maximum absolute atomic E-state index is 11.4. The van der Waals surface area contributed by atoms with E-state index in [1.165, 1.54) is 0 Å². The standard InChI is InChI=1S/C17H19NO2/c1-11-5-6-15(17(19)20)16(10-11)18(4)14-8-12(2)7-13(3)9-14/h5-10H,1-4H3,(H,19,20). The number of hydrogen-bond donors (Lipinski definition) is 1. The van der Waals surface area contributed by atoms with Crippen LogP contribution in [0.5, 0.6) is 0 Å². The fourth-order valence-electron chi connectivity index (χ4n) is 2.38. The topological polar surface area (TPSA) is 40.5 Å². The zero-order chi connectivity index (χ0) is 14.9. The van der Waals surface area contributed by atoms with E-state index >= 15 is 0 Å². The summed E-state index contributed by atoms with van der Waals surface area (Å²) in [6.45, 7) is 6.04. The van der Waals surface area contributed by atoms with Crippen LogP contribution < -0.4 is 4.90 Å². The number of benzene rings is 2. The third kappa shape index (κ3) is 2.82. The van der Waals surface area contributed by atoms with Gasteiger partial charge in [-0.05, 0) is 61.7 Å². The molecular weight excluding hydrogens is 250 g/mol. The van der Waals surface area contributed by atoms with Crippen molar-refractivity contribution in [1.29, 1.82) is 0 Å². The van der Waals surface area contributed by atoms with E-state index in [9.17, 15) is 9.90 Å². The van der Waals surface area contributed by atoms with Crippen LogP contribution in [-0.4, -0.2) is 18.1 Å². The largest absolute Gasteiger partial charge is 0.478 e. The van der Waals surface area contributed by atoms with E-state index in [1.54, 1.807) is 6.07 Å². The summed E-state index contributed by atoms with van der Waals surface area (Å²) in [5, 5.41) is 9.33. The van der Waals surface area contributed by atoms with Gasteiger partial charge < -0.3 is 10.0 Å². The van der Waals surface area contributed by atoms with Crippen LogP contribution in [0.3, 0.4) is 0 Å². The Hall–Kier alpha value is -2.29. The minimum Gasteiger partial charge on any atom is -0.478 e. The van der Waals surface area contributed by atoms with Gasteiger partial charge >= 0.3 is 5.97 Å². The highest BCUT2D eigenvalue weighted by molar-refractivity contribution is 5.95. The lowest BCUT2D eigenvalue weighted by Gasteiger charge is -2.23. The molecule has 0 aliphatic rings. The first kappa shape index (κ1) is 14.1. The van der Waals surface area contributed by atoms with Crippen molar-refractivity contribution >= 4 is 17.3 Å². The molecule has 3 nitrogen and oxygen atoms in total. The summed E-state index contributed by atoms with van der Waals surface area (Å²) in [6, 6.07) is 11.6. The van der Waals surface area contributed by atoms with E-state index < -0.39 is 5.97 Å². The van der Waals surface area contributed by atoms with Crippen molar-refractivity contribution < 1.29 is 9.90 Å². The Morgan fingerprint density at radius 1 is 0.950 bits per heavy atom. The lowest BCUT2D eigenvalue weighted by atomic mass is 10.1. The van der Waals surface area contributed by atoms with Crippen molar-refractivity contribution in [3.8, 4) is 0 Å². The van der Waals surface area contributed by atoms with E-state index in [-0.39, 0.29) is 0 Å². The highest BCUT2D eigenvalue weighted by Crippen LogP contribution is 2.29. The molecule has 0 fully saturated rings. The SMILES string of the molecule is Cc1cc(C)cc(N(C)c2cc(C)ccc2C(=O)O)c1. The molecule has 2 rings (SSSR count). The first-order chi connectivity index (χ1) is 9.38. The Labute approximate surface area is 119 Å². The highest BCUT2D eigenvalue weighted by atomic mass is 16.4. The fourth-order valence-corrected chi connectivity index (χ4v) is 2.38. The molecule has 0 bridgehead atoms. The number of aromatic carboxylic acids is 1. The van der Waals surface area contributed by atoms with Crippen LogP contribution in [0.15, 0.2) is 36.4 Å². The summed E-state index contributed by atoms with van der Waals surface area (Å²) < 4.78 is 0. The summed E-state index contributed by atoms with van der Waals surface area (Å²) in [5.74, 6) is -0.906. The third-order valence-corrected chi connectivity index (χ3v) is 3.34. The molecule has 0 amide bonds. The van der Waals surface area contributed by atoms with Gasteiger partial charge in [0.25, 0.3) is 0 Å². The third-order valence-electron chi connectivity index (χ3n) is 3.34. The molecule has 0 spiro atoms. The summed E-state index contributed by atoms with van der Waals surface area (Å²) >= 11 is 0. The van der Waals surface area contributed by atoms with Gasteiger partial charge in [-0.2, -0.15) is 0 Å². The van der Waals surface area contributed by atoms with Gasteiger partial charge in [-0.1, -0.05) is 12.1 Å². The molecule has 0 atom stereocenters. The van der Waals surface area contributed by atoms with Gasteiger partial charge in [-0.15, -0.1) is 0 Å². The molecule has 0 aromatic heterocycles. The summed E-state index contributed by atoms with van der Waals surface area (Å²) in [7, 11) is 1.90. The molecule has 0 radical (unpaired) electrons. The number of carboxylic acids is 1. The van der Waals surface area contributed by atoms with Gasteiger partial charge in [-0.25, -0.2) is 4.79 Å². The predicted octanol–water partition coefficient (Wildman–Crippen LogP) is 4.08. The molecule has 2 aromatic carbocycles.